The van der Waals surface area contributed by atoms with E-state index in [-0.39, 0.29) is 6.04 Å². The van der Waals surface area contributed by atoms with Gasteiger partial charge in [-0.05, 0) is 44.5 Å². The van der Waals surface area contributed by atoms with Gasteiger partial charge in [0.05, 0.1) is 18.7 Å². The first-order valence-electron chi connectivity index (χ1n) is 8.18. The summed E-state index contributed by atoms with van der Waals surface area (Å²) < 4.78 is 7.64. The first-order chi connectivity index (χ1) is 10.7. The minimum Gasteiger partial charge on any atom is -0.465 e. The highest BCUT2D eigenvalue weighted by atomic mass is 16.3. The van der Waals surface area contributed by atoms with Gasteiger partial charge in [-0.15, -0.1) is 0 Å². The molecule has 0 radical (unpaired) electrons. The maximum Gasteiger partial charge on any atom is 0.121 e. The summed E-state index contributed by atoms with van der Waals surface area (Å²) in [7, 11) is 0. The molecule has 0 unspecified atom stereocenters. The summed E-state index contributed by atoms with van der Waals surface area (Å²) in [5, 5.41) is 14.6. The topological polar surface area (TPSA) is 54.4 Å². The monoisotopic (exact) mass is 303 g/mol. The molecule has 2 atom stereocenters. The smallest absolute Gasteiger partial charge is 0.121 e. The average molecular weight is 303 g/mol. The van der Waals surface area contributed by atoms with Gasteiger partial charge >= 0.3 is 0 Å². The molecule has 2 aromatic rings. The van der Waals surface area contributed by atoms with Crippen molar-refractivity contribution in [2.75, 3.05) is 13.1 Å². The molecule has 22 heavy (non-hydrogen) atoms. The summed E-state index contributed by atoms with van der Waals surface area (Å²) in [6.45, 7) is 4.19. The van der Waals surface area contributed by atoms with E-state index in [0.717, 1.165) is 24.5 Å². The highest BCUT2D eigenvalue weighted by Crippen LogP contribution is 2.31. The van der Waals surface area contributed by atoms with Crippen LogP contribution < -0.4 is 0 Å². The molecular formula is C17H25N3O2. The van der Waals surface area contributed by atoms with Crippen LogP contribution in [0, 0.1) is 6.92 Å². The number of furan rings is 1. The fourth-order valence-electron chi connectivity index (χ4n) is 3.29. The molecule has 5 nitrogen and oxygen atoms in total. The zero-order valence-corrected chi connectivity index (χ0v) is 13.2. The van der Waals surface area contributed by atoms with E-state index in [1.54, 1.807) is 10.9 Å². The Balaban J connectivity index is 1.67. The van der Waals surface area contributed by atoms with Crippen molar-refractivity contribution in [1.82, 2.24) is 14.7 Å². The van der Waals surface area contributed by atoms with Crippen LogP contribution in [0.25, 0.3) is 0 Å². The van der Waals surface area contributed by atoms with Crippen LogP contribution >= 0.6 is 0 Å². The Kier molecular flexibility index (Phi) is 4.95. The minimum atomic E-state index is -0.420. The number of rotatable bonds is 5. The van der Waals surface area contributed by atoms with Crippen LogP contribution in [0.1, 0.15) is 43.2 Å². The molecule has 1 aliphatic rings. The maximum atomic E-state index is 10.4. The molecule has 0 aromatic carbocycles. The standard InChI is InChI=1S/C17H25N3O2/c1-14-7-8-17(22-14)16-6-3-2-4-10-19(16)12-15(21)13-20-11-5-9-18-20/h5,7-9,11,15-16,21H,2-4,6,10,12-13H2,1H3/t15-,16+/m0/s1. The molecule has 1 aliphatic heterocycles. The lowest BCUT2D eigenvalue weighted by atomic mass is 10.1. The lowest BCUT2D eigenvalue weighted by Crippen LogP contribution is -2.37. The van der Waals surface area contributed by atoms with Crippen LogP contribution in [-0.2, 0) is 6.54 Å². The number of hydrogen-bond donors (Lipinski definition) is 1. The predicted octanol–water partition coefficient (Wildman–Crippen LogP) is 2.76. The van der Waals surface area contributed by atoms with Crippen molar-refractivity contribution >= 4 is 0 Å². The number of nitrogens with zero attached hydrogens (tertiary/aromatic N) is 3. The van der Waals surface area contributed by atoms with Gasteiger partial charge < -0.3 is 9.52 Å². The Bertz CT molecular complexity index is 564. The lowest BCUT2D eigenvalue weighted by molar-refractivity contribution is 0.0677. The number of β-amino-alcohol motifs (C(OH)–C–C–N with tert-alkyl or cyclic N) is 1. The van der Waals surface area contributed by atoms with Gasteiger partial charge in [-0.3, -0.25) is 9.58 Å². The van der Waals surface area contributed by atoms with Crippen LogP contribution in [0.3, 0.4) is 0 Å². The third-order valence-electron chi connectivity index (χ3n) is 4.36. The van der Waals surface area contributed by atoms with E-state index in [0.29, 0.717) is 13.1 Å². The Morgan fingerprint density at radius 3 is 2.95 bits per heavy atom. The summed E-state index contributed by atoms with van der Waals surface area (Å²) in [5.41, 5.74) is 0. The molecule has 0 spiro atoms. The van der Waals surface area contributed by atoms with E-state index in [4.69, 9.17) is 4.42 Å². The molecule has 0 saturated carbocycles. The highest BCUT2D eigenvalue weighted by molar-refractivity contribution is 5.10. The fraction of sp³-hybridized carbons (Fsp3) is 0.588. The van der Waals surface area contributed by atoms with Gasteiger partial charge in [-0.2, -0.15) is 5.10 Å². The Morgan fingerprint density at radius 2 is 2.23 bits per heavy atom. The second-order valence-corrected chi connectivity index (χ2v) is 6.19. The van der Waals surface area contributed by atoms with E-state index < -0.39 is 6.10 Å². The van der Waals surface area contributed by atoms with E-state index >= 15 is 0 Å². The van der Waals surface area contributed by atoms with E-state index in [1.807, 2.05) is 25.3 Å². The molecule has 1 saturated heterocycles. The first-order valence-corrected chi connectivity index (χ1v) is 8.18. The third kappa shape index (κ3) is 3.78. The SMILES string of the molecule is Cc1ccc([C@H]2CCCCCN2C[C@H](O)Cn2cccn2)o1. The second-order valence-electron chi connectivity index (χ2n) is 6.19. The Morgan fingerprint density at radius 1 is 1.32 bits per heavy atom. The molecule has 5 heteroatoms. The Hall–Kier alpha value is -1.59. The largest absolute Gasteiger partial charge is 0.465 e. The minimum absolute atomic E-state index is 0.281. The van der Waals surface area contributed by atoms with Gasteiger partial charge in [0.15, 0.2) is 0 Å². The van der Waals surface area contributed by atoms with Gasteiger partial charge in [0.2, 0.25) is 0 Å². The quantitative estimate of drug-likeness (QED) is 0.923. The first kappa shape index (κ1) is 15.3. The number of aromatic nitrogens is 2. The summed E-state index contributed by atoms with van der Waals surface area (Å²) in [6, 6.07) is 6.27. The van der Waals surface area contributed by atoms with Crippen LogP contribution in [0.15, 0.2) is 35.0 Å². The summed E-state index contributed by atoms with van der Waals surface area (Å²) >= 11 is 0. The van der Waals surface area contributed by atoms with Crippen LogP contribution in [0.4, 0.5) is 0 Å². The van der Waals surface area contributed by atoms with Crippen molar-refractivity contribution in [3.63, 3.8) is 0 Å². The van der Waals surface area contributed by atoms with Gasteiger partial charge in [0, 0.05) is 18.9 Å². The van der Waals surface area contributed by atoms with Gasteiger partial charge in [0.25, 0.3) is 0 Å². The zero-order chi connectivity index (χ0) is 15.4. The second kappa shape index (κ2) is 7.11. The van der Waals surface area contributed by atoms with Crippen molar-refractivity contribution < 1.29 is 9.52 Å². The zero-order valence-electron chi connectivity index (χ0n) is 13.2. The predicted molar refractivity (Wildman–Crippen MR) is 84.5 cm³/mol. The molecule has 0 aliphatic carbocycles. The van der Waals surface area contributed by atoms with Crippen molar-refractivity contribution in [3.05, 3.63) is 42.1 Å². The number of aliphatic hydroxyl groups excluding tert-OH is 1. The molecule has 0 bridgehead atoms. The average Bonchev–Trinajstić information content (AvgIpc) is 3.08. The van der Waals surface area contributed by atoms with Crippen LogP contribution in [0.2, 0.25) is 0 Å². The highest BCUT2D eigenvalue weighted by Gasteiger charge is 2.26. The number of aliphatic hydroxyl groups is 1. The van der Waals surface area contributed by atoms with E-state index in [1.165, 1.54) is 19.3 Å². The molecule has 0 amide bonds. The molecular weight excluding hydrogens is 278 g/mol. The molecule has 2 aromatic heterocycles. The van der Waals surface area contributed by atoms with Crippen molar-refractivity contribution in [2.45, 2.75) is 51.3 Å². The summed E-state index contributed by atoms with van der Waals surface area (Å²) in [4.78, 5) is 2.37. The Labute approximate surface area is 131 Å². The molecule has 1 N–H and O–H groups in total. The van der Waals surface area contributed by atoms with Crippen LogP contribution in [0.5, 0.6) is 0 Å². The maximum absolute atomic E-state index is 10.4. The number of hydrogen-bond acceptors (Lipinski definition) is 4. The lowest BCUT2D eigenvalue weighted by Gasteiger charge is -2.30. The normalized spacial score (nSPS) is 21.6. The molecule has 120 valence electrons. The van der Waals surface area contributed by atoms with Crippen molar-refractivity contribution in [1.29, 1.82) is 0 Å². The number of aryl methyl sites for hydroxylation is 1. The number of likely N-dealkylation sites (tertiary alicyclic amines) is 1. The summed E-state index contributed by atoms with van der Waals surface area (Å²) in [5.74, 6) is 1.99. The van der Waals surface area contributed by atoms with Gasteiger partial charge in [0.1, 0.15) is 11.5 Å². The molecule has 3 rings (SSSR count). The van der Waals surface area contributed by atoms with Crippen molar-refractivity contribution in [3.8, 4) is 0 Å². The van der Waals surface area contributed by atoms with Crippen molar-refractivity contribution in [2.24, 2.45) is 0 Å². The van der Waals surface area contributed by atoms with Gasteiger partial charge in [-0.25, -0.2) is 0 Å². The summed E-state index contributed by atoms with van der Waals surface area (Å²) in [6.07, 6.45) is 7.97. The molecule has 1 fully saturated rings. The third-order valence-corrected chi connectivity index (χ3v) is 4.36. The molecule has 3 heterocycles. The van der Waals surface area contributed by atoms with Gasteiger partial charge in [-0.1, -0.05) is 12.8 Å². The van der Waals surface area contributed by atoms with E-state index in [9.17, 15) is 5.11 Å². The fourth-order valence-corrected chi connectivity index (χ4v) is 3.29. The van der Waals surface area contributed by atoms with Crippen LogP contribution in [-0.4, -0.2) is 39.0 Å². The van der Waals surface area contributed by atoms with E-state index in [2.05, 4.69) is 16.1 Å².